The number of rotatable bonds is 4. The fourth-order valence-corrected chi connectivity index (χ4v) is 4.11. The predicted molar refractivity (Wildman–Crippen MR) is 92.8 cm³/mol. The Hall–Kier alpha value is -1.77. The molecule has 2 aromatic heterocycles. The van der Waals surface area contributed by atoms with E-state index in [2.05, 4.69) is 22.2 Å². The van der Waals surface area contributed by atoms with Gasteiger partial charge >= 0.3 is 0 Å². The molecule has 3 heterocycles. The Morgan fingerprint density at radius 2 is 2.21 bits per heavy atom. The summed E-state index contributed by atoms with van der Waals surface area (Å²) in [5.41, 5.74) is 0.881. The molecule has 1 saturated heterocycles. The molecule has 0 saturated carbocycles. The Balaban J connectivity index is 2.05. The van der Waals surface area contributed by atoms with Crippen LogP contribution in [0.1, 0.15) is 28.0 Å². The molecule has 1 atom stereocenters. The molecule has 7 nitrogen and oxygen atoms in total. The number of thiophene rings is 1. The molecule has 1 fully saturated rings. The highest BCUT2D eigenvalue weighted by Gasteiger charge is 2.28. The average Bonchev–Trinajstić information content (AvgIpc) is 2.91. The smallest absolute Gasteiger partial charge is 0.264 e. The number of aromatic nitrogens is 2. The Bertz CT molecular complexity index is 761. The van der Waals surface area contributed by atoms with Gasteiger partial charge in [0, 0.05) is 32.8 Å². The van der Waals surface area contributed by atoms with E-state index in [1.54, 1.807) is 14.2 Å². The van der Waals surface area contributed by atoms with Crippen LogP contribution in [0.5, 0.6) is 5.88 Å². The van der Waals surface area contributed by atoms with Crippen molar-refractivity contribution in [1.29, 1.82) is 0 Å². The third-order valence-corrected chi connectivity index (χ3v) is 5.40. The standard InChI is InChI=1S/C16H22N4O3S/c1-9-7-17-5-6-20(9)16(21)13-10(2)12-14(23-4)18-11(8-22-3)19-15(12)24-13/h9,17H,5-8H2,1-4H3. The van der Waals surface area contributed by atoms with Crippen molar-refractivity contribution < 1.29 is 14.3 Å². The van der Waals surface area contributed by atoms with Gasteiger partial charge in [-0.05, 0) is 19.4 Å². The number of hydrogen-bond donors (Lipinski definition) is 1. The maximum atomic E-state index is 13.0. The summed E-state index contributed by atoms with van der Waals surface area (Å²) >= 11 is 1.40. The molecule has 130 valence electrons. The molecule has 3 rings (SSSR count). The number of piperazine rings is 1. The van der Waals surface area contributed by atoms with Gasteiger partial charge in [0.1, 0.15) is 11.4 Å². The van der Waals surface area contributed by atoms with E-state index in [0.29, 0.717) is 29.7 Å². The van der Waals surface area contributed by atoms with Crippen molar-refractivity contribution in [2.24, 2.45) is 0 Å². The van der Waals surface area contributed by atoms with E-state index < -0.39 is 0 Å². The van der Waals surface area contributed by atoms with E-state index in [4.69, 9.17) is 9.47 Å². The summed E-state index contributed by atoms with van der Waals surface area (Å²) in [4.78, 5) is 25.3. The van der Waals surface area contributed by atoms with Crippen molar-refractivity contribution in [3.63, 3.8) is 0 Å². The minimum absolute atomic E-state index is 0.0554. The van der Waals surface area contributed by atoms with Crippen molar-refractivity contribution in [2.45, 2.75) is 26.5 Å². The third kappa shape index (κ3) is 2.97. The molecule has 1 aliphatic rings. The highest BCUT2D eigenvalue weighted by Crippen LogP contribution is 2.36. The highest BCUT2D eigenvalue weighted by molar-refractivity contribution is 7.20. The van der Waals surface area contributed by atoms with Gasteiger partial charge in [-0.2, -0.15) is 4.98 Å². The molecule has 0 spiro atoms. The molecule has 0 aromatic carbocycles. The van der Waals surface area contributed by atoms with Gasteiger partial charge in [-0.1, -0.05) is 0 Å². The molecule has 24 heavy (non-hydrogen) atoms. The van der Waals surface area contributed by atoms with E-state index in [1.165, 1.54) is 11.3 Å². The van der Waals surface area contributed by atoms with Crippen LogP contribution in [0, 0.1) is 6.92 Å². The average molecular weight is 350 g/mol. The number of amides is 1. The van der Waals surface area contributed by atoms with Crippen molar-refractivity contribution in [3.05, 3.63) is 16.3 Å². The van der Waals surface area contributed by atoms with Gasteiger partial charge < -0.3 is 19.7 Å². The first-order valence-corrected chi connectivity index (χ1v) is 8.73. The Morgan fingerprint density at radius 3 is 2.88 bits per heavy atom. The van der Waals surface area contributed by atoms with Crippen LogP contribution in [0.25, 0.3) is 10.2 Å². The monoisotopic (exact) mass is 350 g/mol. The van der Waals surface area contributed by atoms with E-state index in [-0.39, 0.29) is 11.9 Å². The molecule has 1 unspecified atom stereocenters. The summed E-state index contributed by atoms with van der Waals surface area (Å²) in [6, 6.07) is 0.174. The second kappa shape index (κ2) is 7.00. The van der Waals surface area contributed by atoms with Gasteiger partial charge in [0.05, 0.1) is 17.4 Å². The van der Waals surface area contributed by atoms with Gasteiger partial charge in [0.2, 0.25) is 5.88 Å². The van der Waals surface area contributed by atoms with Crippen molar-refractivity contribution in [3.8, 4) is 5.88 Å². The summed E-state index contributed by atoms with van der Waals surface area (Å²) in [6.07, 6.45) is 0. The zero-order chi connectivity index (χ0) is 17.3. The molecular formula is C16H22N4O3S. The van der Waals surface area contributed by atoms with E-state index >= 15 is 0 Å². The summed E-state index contributed by atoms with van der Waals surface area (Å²) in [5.74, 6) is 1.10. The maximum Gasteiger partial charge on any atom is 0.264 e. The predicted octanol–water partition coefficient (Wildman–Crippen LogP) is 1.59. The molecule has 0 bridgehead atoms. The first-order valence-electron chi connectivity index (χ1n) is 7.91. The quantitative estimate of drug-likeness (QED) is 0.902. The molecule has 1 N–H and O–H groups in total. The minimum atomic E-state index is 0.0554. The number of hydrogen-bond acceptors (Lipinski definition) is 7. The number of nitrogens with zero attached hydrogens (tertiary/aromatic N) is 3. The van der Waals surface area contributed by atoms with Crippen LogP contribution in [0.3, 0.4) is 0 Å². The van der Waals surface area contributed by atoms with E-state index in [0.717, 1.165) is 28.9 Å². The van der Waals surface area contributed by atoms with Crippen LogP contribution >= 0.6 is 11.3 Å². The lowest BCUT2D eigenvalue weighted by molar-refractivity contribution is 0.0660. The van der Waals surface area contributed by atoms with Gasteiger partial charge in [0.25, 0.3) is 5.91 Å². The summed E-state index contributed by atoms with van der Waals surface area (Å²) < 4.78 is 10.5. The highest BCUT2D eigenvalue weighted by atomic mass is 32.1. The number of carbonyl (C=O) groups excluding carboxylic acids is 1. The van der Waals surface area contributed by atoms with Crippen molar-refractivity contribution in [1.82, 2.24) is 20.2 Å². The second-order valence-electron chi connectivity index (χ2n) is 5.87. The first-order chi connectivity index (χ1) is 11.6. The van der Waals surface area contributed by atoms with Crippen molar-refractivity contribution in [2.75, 3.05) is 33.9 Å². The van der Waals surface area contributed by atoms with Gasteiger partial charge in [0.15, 0.2) is 5.82 Å². The lowest BCUT2D eigenvalue weighted by atomic mass is 10.1. The summed E-state index contributed by atoms with van der Waals surface area (Å²) in [5, 5.41) is 4.12. The minimum Gasteiger partial charge on any atom is -0.480 e. The third-order valence-electron chi connectivity index (χ3n) is 4.23. The van der Waals surface area contributed by atoms with E-state index in [9.17, 15) is 4.79 Å². The molecule has 1 aliphatic heterocycles. The Kier molecular flexibility index (Phi) is 4.98. The van der Waals surface area contributed by atoms with Crippen LogP contribution in [0.4, 0.5) is 0 Å². The molecule has 1 amide bonds. The molecule has 2 aromatic rings. The van der Waals surface area contributed by atoms with Crippen LogP contribution in [0.15, 0.2) is 0 Å². The normalized spacial score (nSPS) is 18.2. The molecule has 0 aliphatic carbocycles. The van der Waals surface area contributed by atoms with E-state index in [1.807, 2.05) is 11.8 Å². The SMILES string of the molecule is COCc1nc(OC)c2c(C)c(C(=O)N3CCNCC3C)sc2n1. The maximum absolute atomic E-state index is 13.0. The number of methoxy groups -OCH3 is 2. The Morgan fingerprint density at radius 1 is 1.42 bits per heavy atom. The van der Waals surface area contributed by atoms with Gasteiger partial charge in [-0.15, -0.1) is 11.3 Å². The van der Waals surface area contributed by atoms with Crippen LogP contribution in [-0.4, -0.2) is 60.7 Å². The number of nitrogens with one attached hydrogen (secondary N) is 1. The zero-order valence-corrected chi connectivity index (χ0v) is 15.2. The lowest BCUT2D eigenvalue weighted by Gasteiger charge is -2.33. The summed E-state index contributed by atoms with van der Waals surface area (Å²) in [6.45, 7) is 6.65. The second-order valence-corrected chi connectivity index (χ2v) is 6.87. The largest absolute Gasteiger partial charge is 0.480 e. The Labute approximate surface area is 145 Å². The number of fused-ring (bicyclic) bond motifs is 1. The molecule has 8 heteroatoms. The fraction of sp³-hybridized carbons (Fsp3) is 0.562. The number of aryl methyl sites for hydroxylation is 1. The van der Waals surface area contributed by atoms with Crippen LogP contribution in [0.2, 0.25) is 0 Å². The first kappa shape index (κ1) is 17.1. The topological polar surface area (TPSA) is 76.6 Å². The molecule has 0 radical (unpaired) electrons. The van der Waals surface area contributed by atoms with Crippen LogP contribution in [-0.2, 0) is 11.3 Å². The van der Waals surface area contributed by atoms with Gasteiger partial charge in [-0.25, -0.2) is 4.98 Å². The van der Waals surface area contributed by atoms with Crippen molar-refractivity contribution >= 4 is 27.5 Å². The zero-order valence-electron chi connectivity index (χ0n) is 14.4. The lowest BCUT2D eigenvalue weighted by Crippen LogP contribution is -2.52. The molecular weight excluding hydrogens is 328 g/mol. The van der Waals surface area contributed by atoms with Gasteiger partial charge in [-0.3, -0.25) is 4.79 Å². The van der Waals surface area contributed by atoms with Crippen LogP contribution < -0.4 is 10.1 Å². The fourth-order valence-electron chi connectivity index (χ4n) is 2.96. The number of ether oxygens (including phenoxy) is 2. The number of carbonyl (C=O) groups is 1. The summed E-state index contributed by atoms with van der Waals surface area (Å²) in [7, 11) is 3.18.